The molecule has 0 unspecified atom stereocenters. The van der Waals surface area contributed by atoms with Gasteiger partial charge in [0, 0.05) is 59.1 Å². The highest BCUT2D eigenvalue weighted by atomic mass is 28.4. The highest BCUT2D eigenvalue weighted by Gasteiger charge is 2.43. The molecule has 5 nitrogen and oxygen atoms in total. The molecule has 0 aliphatic heterocycles. The van der Waals surface area contributed by atoms with E-state index in [4.69, 9.17) is 13.3 Å². The fourth-order valence-corrected chi connectivity index (χ4v) is 9.33. The van der Waals surface area contributed by atoms with Crippen molar-refractivity contribution in [2.24, 2.45) is 0 Å². The molecule has 0 saturated carbocycles. The van der Waals surface area contributed by atoms with Crippen molar-refractivity contribution in [1.82, 2.24) is 0 Å². The number of rotatable bonds is 14. The third-order valence-corrected chi connectivity index (χ3v) is 12.6. The summed E-state index contributed by atoms with van der Waals surface area (Å²) in [7, 11) is -3.03. The molecular weight excluding hydrogens is 669 g/mol. The smallest absolute Gasteiger partial charge is 0.370 e. The highest BCUT2D eigenvalue weighted by molar-refractivity contribution is 6.75. The molecule has 6 heteroatoms. The van der Waals surface area contributed by atoms with Gasteiger partial charge in [0.2, 0.25) is 0 Å². The van der Waals surface area contributed by atoms with Crippen molar-refractivity contribution >= 4 is 48.1 Å². The van der Waals surface area contributed by atoms with Crippen molar-refractivity contribution in [3.05, 3.63) is 161 Å². The molecule has 0 aliphatic rings. The van der Waals surface area contributed by atoms with E-state index in [1.807, 2.05) is 20.8 Å². The summed E-state index contributed by atoms with van der Waals surface area (Å²) in [6.07, 6.45) is 0. The first-order chi connectivity index (χ1) is 25.7. The Bertz CT molecular complexity index is 2050. The van der Waals surface area contributed by atoms with Crippen molar-refractivity contribution in [2.45, 2.75) is 55.4 Å². The van der Waals surface area contributed by atoms with Gasteiger partial charge in [-0.2, -0.15) is 0 Å². The Morgan fingerprint density at radius 1 is 0.396 bits per heavy atom. The summed E-state index contributed by atoms with van der Waals surface area (Å²) in [5, 5.41) is 0.963. The summed E-state index contributed by atoms with van der Waals surface area (Å²) in [5.41, 5.74) is 15.2. The Hall–Kier alpha value is -4.98. The predicted molar refractivity (Wildman–Crippen MR) is 225 cm³/mol. The zero-order valence-electron chi connectivity index (χ0n) is 32.4. The second-order valence-electron chi connectivity index (χ2n) is 13.6. The van der Waals surface area contributed by atoms with Crippen LogP contribution in [0.15, 0.2) is 133 Å². The third-order valence-electron chi connectivity index (χ3n) is 9.57. The van der Waals surface area contributed by atoms with Gasteiger partial charge in [0.05, 0.1) is 0 Å². The standard InChI is InChI=1S/C47H52N2O3Si/c1-9-50-53(51-10-2,52-11-3)45-28-26-44(27-29-45)49(43-24-16-36(6)17-25-43)47-31-19-40(33-38(47)8)39-18-30-46(37(7)32-39)48(41-20-12-34(4)13-21-41)42-22-14-35(5)15-23-42/h12-33H,9-11H2,1-8H3. The predicted octanol–water partition coefficient (Wildman–Crippen LogP) is 12.1. The molecule has 272 valence electrons. The van der Waals surface area contributed by atoms with E-state index in [9.17, 15) is 0 Å². The Balaban J connectivity index is 1.37. The Labute approximate surface area is 317 Å². The van der Waals surface area contributed by atoms with Crippen LogP contribution in [0.4, 0.5) is 34.1 Å². The van der Waals surface area contributed by atoms with Gasteiger partial charge in [-0.25, -0.2) is 0 Å². The lowest BCUT2D eigenvalue weighted by Crippen LogP contribution is -2.56. The molecule has 0 saturated heterocycles. The molecule has 0 spiro atoms. The molecule has 0 N–H and O–H groups in total. The van der Waals surface area contributed by atoms with Gasteiger partial charge in [-0.1, -0.05) is 77.4 Å². The van der Waals surface area contributed by atoms with Crippen LogP contribution in [0.2, 0.25) is 0 Å². The van der Waals surface area contributed by atoms with Crippen LogP contribution in [0.25, 0.3) is 11.1 Å². The lowest BCUT2D eigenvalue weighted by atomic mass is 9.98. The molecule has 0 radical (unpaired) electrons. The van der Waals surface area contributed by atoms with Crippen LogP contribution in [-0.2, 0) is 13.3 Å². The normalized spacial score (nSPS) is 11.5. The zero-order valence-corrected chi connectivity index (χ0v) is 33.4. The average molecular weight is 721 g/mol. The van der Waals surface area contributed by atoms with Gasteiger partial charge >= 0.3 is 8.80 Å². The van der Waals surface area contributed by atoms with Crippen LogP contribution < -0.4 is 15.0 Å². The Morgan fingerprint density at radius 2 is 0.698 bits per heavy atom. The highest BCUT2D eigenvalue weighted by Crippen LogP contribution is 2.41. The molecule has 0 fully saturated rings. The summed E-state index contributed by atoms with van der Waals surface area (Å²) >= 11 is 0. The molecule has 0 atom stereocenters. The van der Waals surface area contributed by atoms with E-state index in [0.717, 1.165) is 39.3 Å². The van der Waals surface area contributed by atoms with Gasteiger partial charge in [-0.3, -0.25) is 0 Å². The number of nitrogens with zero attached hydrogens (tertiary/aromatic N) is 2. The van der Waals surface area contributed by atoms with E-state index in [0.29, 0.717) is 19.8 Å². The summed E-state index contributed by atoms with van der Waals surface area (Å²) in [4.78, 5) is 4.67. The fourth-order valence-electron chi connectivity index (χ4n) is 6.87. The summed E-state index contributed by atoms with van der Waals surface area (Å²) in [6, 6.07) is 48.3. The lowest BCUT2D eigenvalue weighted by Gasteiger charge is -2.30. The van der Waals surface area contributed by atoms with Crippen LogP contribution in [0, 0.1) is 34.6 Å². The van der Waals surface area contributed by atoms with E-state index in [-0.39, 0.29) is 0 Å². The van der Waals surface area contributed by atoms with E-state index in [2.05, 4.69) is 178 Å². The maximum Gasteiger partial charge on any atom is 0.537 e. The van der Waals surface area contributed by atoms with Crippen LogP contribution in [-0.4, -0.2) is 28.6 Å². The van der Waals surface area contributed by atoms with Gasteiger partial charge in [0.15, 0.2) is 0 Å². The summed E-state index contributed by atoms with van der Waals surface area (Å²) in [6.45, 7) is 18.3. The third kappa shape index (κ3) is 8.32. The van der Waals surface area contributed by atoms with Crippen molar-refractivity contribution in [3.63, 3.8) is 0 Å². The van der Waals surface area contributed by atoms with E-state index in [1.165, 1.54) is 38.9 Å². The fraction of sp³-hybridized carbons (Fsp3) is 0.234. The maximum atomic E-state index is 6.21. The van der Waals surface area contributed by atoms with Gasteiger partial charge < -0.3 is 23.1 Å². The largest absolute Gasteiger partial charge is 0.537 e. The number of aryl methyl sites for hydroxylation is 5. The number of hydrogen-bond donors (Lipinski definition) is 0. The minimum atomic E-state index is -3.03. The topological polar surface area (TPSA) is 34.2 Å². The minimum Gasteiger partial charge on any atom is -0.370 e. The first kappa shape index (κ1) is 37.8. The van der Waals surface area contributed by atoms with Gasteiger partial charge in [0.25, 0.3) is 0 Å². The van der Waals surface area contributed by atoms with E-state index < -0.39 is 8.80 Å². The van der Waals surface area contributed by atoms with Gasteiger partial charge in [-0.05, 0) is 150 Å². The molecule has 6 rings (SSSR count). The van der Waals surface area contributed by atoms with Crippen molar-refractivity contribution < 1.29 is 13.3 Å². The van der Waals surface area contributed by atoms with Crippen LogP contribution in [0.3, 0.4) is 0 Å². The second-order valence-corrected chi connectivity index (χ2v) is 16.1. The minimum absolute atomic E-state index is 0.523. The van der Waals surface area contributed by atoms with Crippen molar-refractivity contribution in [2.75, 3.05) is 29.6 Å². The molecule has 0 heterocycles. The monoisotopic (exact) mass is 720 g/mol. The van der Waals surface area contributed by atoms with Crippen LogP contribution >= 0.6 is 0 Å². The van der Waals surface area contributed by atoms with E-state index >= 15 is 0 Å². The molecule has 53 heavy (non-hydrogen) atoms. The van der Waals surface area contributed by atoms with Gasteiger partial charge in [-0.15, -0.1) is 0 Å². The van der Waals surface area contributed by atoms with Crippen molar-refractivity contribution in [1.29, 1.82) is 0 Å². The quantitative estimate of drug-likeness (QED) is 0.105. The van der Waals surface area contributed by atoms with Crippen LogP contribution in [0.5, 0.6) is 0 Å². The molecular formula is C47H52N2O3Si. The molecule has 6 aromatic rings. The molecule has 0 bridgehead atoms. The summed E-state index contributed by atoms with van der Waals surface area (Å²) in [5.74, 6) is 0. The Kier molecular flexibility index (Phi) is 12.0. The maximum absolute atomic E-state index is 6.21. The van der Waals surface area contributed by atoms with Gasteiger partial charge in [0.1, 0.15) is 0 Å². The molecule has 0 aliphatic carbocycles. The second kappa shape index (κ2) is 16.8. The average Bonchev–Trinajstić information content (AvgIpc) is 3.16. The zero-order chi connectivity index (χ0) is 37.5. The Morgan fingerprint density at radius 3 is 0.981 bits per heavy atom. The SMILES string of the molecule is CCO[Si](OCC)(OCC)c1ccc(N(c2ccc(C)cc2)c2ccc(-c3ccc(N(c4ccc(C)cc4)c4ccc(C)cc4)c(C)c3)cc2C)cc1. The van der Waals surface area contributed by atoms with Crippen molar-refractivity contribution in [3.8, 4) is 11.1 Å². The lowest BCUT2D eigenvalue weighted by molar-refractivity contribution is 0.0859. The van der Waals surface area contributed by atoms with Crippen LogP contribution in [0.1, 0.15) is 48.6 Å². The molecule has 0 aromatic heterocycles. The molecule has 6 aromatic carbocycles. The number of anilines is 6. The number of benzene rings is 6. The van der Waals surface area contributed by atoms with E-state index in [1.54, 1.807) is 0 Å². The first-order valence-electron chi connectivity index (χ1n) is 18.7. The molecule has 0 amide bonds. The first-order valence-corrected chi connectivity index (χ1v) is 20.4. The number of hydrogen-bond acceptors (Lipinski definition) is 5. The summed E-state index contributed by atoms with van der Waals surface area (Å²) < 4.78 is 18.6.